The van der Waals surface area contributed by atoms with Crippen molar-refractivity contribution in [2.45, 2.75) is 53.1 Å². The molecule has 2 N–H and O–H groups in total. The van der Waals surface area contributed by atoms with Crippen LogP contribution in [0.4, 0.5) is 0 Å². The van der Waals surface area contributed by atoms with E-state index in [1.165, 1.54) is 5.56 Å². The van der Waals surface area contributed by atoms with Gasteiger partial charge in [-0.2, -0.15) is 5.10 Å². The number of aryl methyl sites for hydroxylation is 1. The van der Waals surface area contributed by atoms with Crippen molar-refractivity contribution in [1.29, 1.82) is 0 Å². The van der Waals surface area contributed by atoms with E-state index in [-0.39, 0.29) is 11.9 Å². The Bertz CT molecular complexity index is 664. The van der Waals surface area contributed by atoms with E-state index in [2.05, 4.69) is 41.7 Å². The third-order valence-electron chi connectivity index (χ3n) is 4.29. The highest BCUT2D eigenvalue weighted by Gasteiger charge is 2.12. The molecule has 24 heavy (non-hydrogen) atoms. The van der Waals surface area contributed by atoms with E-state index in [0.29, 0.717) is 13.0 Å². The van der Waals surface area contributed by atoms with Gasteiger partial charge in [-0.25, -0.2) is 4.68 Å². The number of hydrogen-bond acceptors (Lipinski definition) is 3. The standard InChI is InChI=1S/C19H28N4O/c1-5-14(2)21-19(24)11-12-20-13-18-15(3)22-23(16(18)4)17-9-7-6-8-10-17/h6-10,14,20H,5,11-13H2,1-4H3,(H,21,24). The Balaban J connectivity index is 1.90. The molecule has 1 unspecified atom stereocenters. The molecule has 1 amide bonds. The van der Waals surface area contributed by atoms with Gasteiger partial charge in [-0.1, -0.05) is 25.1 Å². The molecular weight excluding hydrogens is 300 g/mol. The number of carbonyl (C=O) groups is 1. The van der Waals surface area contributed by atoms with Crippen molar-refractivity contribution in [3.8, 4) is 5.69 Å². The quantitative estimate of drug-likeness (QED) is 0.733. The Morgan fingerprint density at radius 1 is 1.25 bits per heavy atom. The smallest absolute Gasteiger partial charge is 0.221 e. The molecule has 0 aliphatic carbocycles. The van der Waals surface area contributed by atoms with Crippen LogP contribution < -0.4 is 10.6 Å². The average molecular weight is 328 g/mol. The number of aromatic nitrogens is 2. The van der Waals surface area contributed by atoms with E-state index < -0.39 is 0 Å². The summed E-state index contributed by atoms with van der Waals surface area (Å²) in [7, 11) is 0. The van der Waals surface area contributed by atoms with E-state index in [4.69, 9.17) is 0 Å². The molecule has 0 aliphatic heterocycles. The number of nitrogens with one attached hydrogen (secondary N) is 2. The predicted molar refractivity (Wildman–Crippen MR) is 97.3 cm³/mol. The predicted octanol–water partition coefficient (Wildman–Crippen LogP) is 2.88. The number of para-hydroxylation sites is 1. The third kappa shape index (κ3) is 4.68. The van der Waals surface area contributed by atoms with Gasteiger partial charge in [0.1, 0.15) is 0 Å². The van der Waals surface area contributed by atoms with Crippen LogP contribution in [0.1, 0.15) is 43.6 Å². The van der Waals surface area contributed by atoms with Gasteiger partial charge >= 0.3 is 0 Å². The monoisotopic (exact) mass is 328 g/mol. The van der Waals surface area contributed by atoms with Crippen LogP contribution in [0, 0.1) is 13.8 Å². The molecule has 130 valence electrons. The molecule has 1 atom stereocenters. The maximum atomic E-state index is 11.8. The van der Waals surface area contributed by atoms with Gasteiger partial charge < -0.3 is 10.6 Å². The number of nitrogens with zero attached hydrogens (tertiary/aromatic N) is 2. The molecule has 5 heteroatoms. The molecule has 0 bridgehead atoms. The van der Waals surface area contributed by atoms with Crippen LogP contribution in [-0.4, -0.2) is 28.3 Å². The second-order valence-electron chi connectivity index (χ2n) is 6.20. The molecule has 1 aromatic heterocycles. The summed E-state index contributed by atoms with van der Waals surface area (Å²) in [6, 6.07) is 10.4. The van der Waals surface area contributed by atoms with Gasteiger partial charge in [-0.3, -0.25) is 4.79 Å². The fraction of sp³-hybridized carbons (Fsp3) is 0.474. The maximum Gasteiger partial charge on any atom is 0.221 e. The van der Waals surface area contributed by atoms with Gasteiger partial charge in [0.2, 0.25) is 5.91 Å². The Kier molecular flexibility index (Phi) is 6.55. The summed E-state index contributed by atoms with van der Waals surface area (Å²) in [6.45, 7) is 9.59. The van der Waals surface area contributed by atoms with Crippen LogP contribution in [-0.2, 0) is 11.3 Å². The summed E-state index contributed by atoms with van der Waals surface area (Å²) >= 11 is 0. The Hall–Kier alpha value is -2.14. The van der Waals surface area contributed by atoms with E-state index >= 15 is 0 Å². The Morgan fingerprint density at radius 3 is 2.62 bits per heavy atom. The van der Waals surface area contributed by atoms with Crippen LogP contribution in [0.5, 0.6) is 0 Å². The van der Waals surface area contributed by atoms with Crippen molar-refractivity contribution in [2.75, 3.05) is 6.54 Å². The minimum atomic E-state index is 0.102. The minimum absolute atomic E-state index is 0.102. The maximum absolute atomic E-state index is 11.8. The van der Waals surface area contributed by atoms with Gasteiger partial charge in [0.05, 0.1) is 11.4 Å². The first-order chi connectivity index (χ1) is 11.5. The average Bonchev–Trinajstić information content (AvgIpc) is 2.87. The molecule has 1 heterocycles. The lowest BCUT2D eigenvalue weighted by molar-refractivity contribution is -0.121. The van der Waals surface area contributed by atoms with Crippen molar-refractivity contribution in [3.05, 3.63) is 47.3 Å². The van der Waals surface area contributed by atoms with Crippen LogP contribution in [0.3, 0.4) is 0 Å². The van der Waals surface area contributed by atoms with Gasteiger partial charge in [0.15, 0.2) is 0 Å². The second-order valence-corrected chi connectivity index (χ2v) is 6.20. The molecule has 1 aromatic carbocycles. The highest BCUT2D eigenvalue weighted by molar-refractivity contribution is 5.76. The van der Waals surface area contributed by atoms with Crippen LogP contribution >= 0.6 is 0 Å². The summed E-state index contributed by atoms with van der Waals surface area (Å²) in [4.78, 5) is 11.8. The van der Waals surface area contributed by atoms with E-state index in [9.17, 15) is 4.79 Å². The van der Waals surface area contributed by atoms with Crippen molar-refractivity contribution >= 4 is 5.91 Å². The van der Waals surface area contributed by atoms with Crippen molar-refractivity contribution in [2.24, 2.45) is 0 Å². The number of amides is 1. The van der Waals surface area contributed by atoms with Crippen LogP contribution in [0.2, 0.25) is 0 Å². The van der Waals surface area contributed by atoms with Gasteiger partial charge in [-0.15, -0.1) is 0 Å². The van der Waals surface area contributed by atoms with Gasteiger partial charge in [0, 0.05) is 36.8 Å². The van der Waals surface area contributed by atoms with E-state index in [1.54, 1.807) is 0 Å². The lowest BCUT2D eigenvalue weighted by Gasteiger charge is -2.11. The largest absolute Gasteiger partial charge is 0.354 e. The molecule has 0 aliphatic rings. The first-order valence-corrected chi connectivity index (χ1v) is 8.63. The fourth-order valence-electron chi connectivity index (χ4n) is 2.62. The molecule has 0 saturated heterocycles. The summed E-state index contributed by atoms with van der Waals surface area (Å²) in [5.41, 5.74) is 4.42. The zero-order valence-corrected chi connectivity index (χ0v) is 15.1. The topological polar surface area (TPSA) is 59.0 Å². The molecule has 2 aromatic rings. The molecule has 0 fully saturated rings. The molecule has 0 spiro atoms. The fourth-order valence-corrected chi connectivity index (χ4v) is 2.62. The number of carbonyl (C=O) groups excluding carboxylic acids is 1. The summed E-state index contributed by atoms with van der Waals surface area (Å²) in [5, 5.41) is 11.0. The second kappa shape index (κ2) is 8.64. The number of rotatable bonds is 8. The van der Waals surface area contributed by atoms with Crippen molar-refractivity contribution in [1.82, 2.24) is 20.4 Å². The highest BCUT2D eigenvalue weighted by Crippen LogP contribution is 2.17. The molecule has 5 nitrogen and oxygen atoms in total. The lowest BCUT2D eigenvalue weighted by atomic mass is 10.2. The first kappa shape index (κ1) is 18.2. The zero-order valence-electron chi connectivity index (χ0n) is 15.1. The molecule has 0 saturated carbocycles. The number of hydrogen-bond donors (Lipinski definition) is 2. The Morgan fingerprint density at radius 2 is 1.96 bits per heavy atom. The first-order valence-electron chi connectivity index (χ1n) is 8.63. The summed E-state index contributed by atoms with van der Waals surface area (Å²) < 4.78 is 1.97. The highest BCUT2D eigenvalue weighted by atomic mass is 16.1. The van der Waals surface area contributed by atoms with E-state index in [0.717, 1.165) is 30.0 Å². The molecular formula is C19H28N4O. The minimum Gasteiger partial charge on any atom is -0.354 e. The zero-order chi connectivity index (χ0) is 17.5. The molecule has 0 radical (unpaired) electrons. The van der Waals surface area contributed by atoms with Crippen LogP contribution in [0.15, 0.2) is 30.3 Å². The normalized spacial score (nSPS) is 12.2. The number of benzene rings is 1. The lowest BCUT2D eigenvalue weighted by Crippen LogP contribution is -2.33. The van der Waals surface area contributed by atoms with Crippen molar-refractivity contribution < 1.29 is 4.79 Å². The van der Waals surface area contributed by atoms with Gasteiger partial charge in [0.25, 0.3) is 0 Å². The van der Waals surface area contributed by atoms with Gasteiger partial charge in [-0.05, 0) is 39.3 Å². The summed E-state index contributed by atoms with van der Waals surface area (Å²) in [5.74, 6) is 0.102. The van der Waals surface area contributed by atoms with Crippen LogP contribution in [0.25, 0.3) is 5.69 Å². The van der Waals surface area contributed by atoms with E-state index in [1.807, 2.05) is 36.7 Å². The Labute approximate surface area is 144 Å². The third-order valence-corrected chi connectivity index (χ3v) is 4.29. The summed E-state index contributed by atoms with van der Waals surface area (Å²) in [6.07, 6.45) is 1.45. The van der Waals surface area contributed by atoms with Crippen molar-refractivity contribution in [3.63, 3.8) is 0 Å². The SMILES string of the molecule is CCC(C)NC(=O)CCNCc1c(C)nn(-c2ccccc2)c1C. The molecule has 2 rings (SSSR count).